The molecule has 0 aliphatic rings. The van der Waals surface area contributed by atoms with Crippen molar-refractivity contribution in [1.82, 2.24) is 0 Å². The Bertz CT molecular complexity index is 811. The van der Waals surface area contributed by atoms with Crippen LogP contribution in [0.25, 0.3) is 0 Å². The van der Waals surface area contributed by atoms with E-state index >= 15 is 0 Å². The van der Waals surface area contributed by atoms with Gasteiger partial charge < -0.3 is 33.7 Å². The van der Waals surface area contributed by atoms with Crippen LogP contribution in [-0.2, 0) is 33.2 Å². The summed E-state index contributed by atoms with van der Waals surface area (Å²) in [6.45, 7) is 6.46. The molecule has 0 unspecified atom stereocenters. The number of nitro groups is 2. The van der Waals surface area contributed by atoms with Crippen LogP contribution in [0, 0.1) is 20.2 Å². The molecule has 0 bridgehead atoms. The molecule has 1 aromatic carbocycles. The monoisotopic (exact) mass is 545 g/mol. The lowest BCUT2D eigenvalue weighted by Gasteiger charge is -2.09. The van der Waals surface area contributed by atoms with Crippen LogP contribution >= 0.6 is 0 Å². The molecule has 1 aromatic rings. The normalized spacial score (nSPS) is 10.9. The predicted octanol–water partition coefficient (Wildman–Crippen LogP) is 3.12. The number of nitro benzene ring substituents is 2. The van der Waals surface area contributed by atoms with Crippen LogP contribution in [0.4, 0.5) is 17.1 Å². The predicted molar refractivity (Wildman–Crippen MR) is 137 cm³/mol. The second-order valence-corrected chi connectivity index (χ2v) is 7.88. The SMILES string of the molecule is CCCCCC(=O)OCCOCCOCCOCCOCCOCCNc1ccc([N+](=O)[O-])cc1[N+](=O)[O-]. The molecule has 216 valence electrons. The van der Waals surface area contributed by atoms with E-state index in [1.165, 1.54) is 12.1 Å². The maximum atomic E-state index is 11.4. The Kier molecular flexibility index (Phi) is 19.3. The molecular weight excluding hydrogens is 506 g/mol. The van der Waals surface area contributed by atoms with E-state index < -0.39 is 9.85 Å². The van der Waals surface area contributed by atoms with Gasteiger partial charge in [0, 0.05) is 19.0 Å². The van der Waals surface area contributed by atoms with Crippen molar-refractivity contribution in [3.05, 3.63) is 38.4 Å². The third-order valence-corrected chi connectivity index (χ3v) is 4.91. The molecule has 0 radical (unpaired) electrons. The average Bonchev–Trinajstić information content (AvgIpc) is 2.90. The average molecular weight is 546 g/mol. The fourth-order valence-electron chi connectivity index (χ4n) is 2.98. The fourth-order valence-corrected chi connectivity index (χ4v) is 2.98. The zero-order valence-electron chi connectivity index (χ0n) is 21.9. The van der Waals surface area contributed by atoms with Gasteiger partial charge >= 0.3 is 5.97 Å². The molecule has 0 fully saturated rings. The maximum absolute atomic E-state index is 11.4. The Morgan fingerprint density at radius 2 is 1.29 bits per heavy atom. The van der Waals surface area contributed by atoms with Gasteiger partial charge in [0.2, 0.25) is 0 Å². The molecule has 0 saturated heterocycles. The highest BCUT2D eigenvalue weighted by Crippen LogP contribution is 2.28. The molecule has 0 aliphatic carbocycles. The Morgan fingerprint density at radius 3 is 1.79 bits per heavy atom. The van der Waals surface area contributed by atoms with Crippen LogP contribution < -0.4 is 5.32 Å². The summed E-state index contributed by atoms with van der Waals surface area (Å²) in [6, 6.07) is 3.42. The van der Waals surface area contributed by atoms with Crippen LogP contribution in [0.5, 0.6) is 0 Å². The van der Waals surface area contributed by atoms with Gasteiger partial charge in [0.25, 0.3) is 11.4 Å². The van der Waals surface area contributed by atoms with Gasteiger partial charge in [0.05, 0.1) is 82.0 Å². The zero-order chi connectivity index (χ0) is 27.8. The van der Waals surface area contributed by atoms with E-state index in [0.717, 1.165) is 25.3 Å². The minimum Gasteiger partial charge on any atom is -0.463 e. The van der Waals surface area contributed by atoms with Gasteiger partial charge in [-0.3, -0.25) is 25.0 Å². The van der Waals surface area contributed by atoms with Crippen LogP contribution in [-0.4, -0.2) is 95.0 Å². The number of hydrogen-bond donors (Lipinski definition) is 1. The zero-order valence-corrected chi connectivity index (χ0v) is 21.9. The number of carbonyl (C=O) groups is 1. The molecule has 0 amide bonds. The highest BCUT2D eigenvalue weighted by molar-refractivity contribution is 5.69. The minimum absolute atomic E-state index is 0.184. The van der Waals surface area contributed by atoms with E-state index in [9.17, 15) is 25.0 Å². The number of rotatable bonds is 25. The molecule has 1 N–H and O–H groups in total. The second-order valence-electron chi connectivity index (χ2n) is 7.88. The molecule has 1 rings (SSSR count). The Hall–Kier alpha value is -2.91. The molecular formula is C24H39N3O11. The van der Waals surface area contributed by atoms with Crippen LogP contribution in [0.15, 0.2) is 18.2 Å². The summed E-state index contributed by atoms with van der Waals surface area (Å²) in [6.07, 6.45) is 3.41. The van der Waals surface area contributed by atoms with Crippen molar-refractivity contribution in [3.63, 3.8) is 0 Å². The lowest BCUT2D eigenvalue weighted by Crippen LogP contribution is -2.15. The van der Waals surface area contributed by atoms with Crippen molar-refractivity contribution in [2.24, 2.45) is 0 Å². The highest BCUT2D eigenvalue weighted by atomic mass is 16.6. The van der Waals surface area contributed by atoms with Crippen LogP contribution in [0.2, 0.25) is 0 Å². The first-order valence-electron chi connectivity index (χ1n) is 12.7. The topological polar surface area (TPSA) is 171 Å². The first kappa shape index (κ1) is 33.1. The van der Waals surface area contributed by atoms with Crippen LogP contribution in [0.3, 0.4) is 0 Å². The molecule has 38 heavy (non-hydrogen) atoms. The van der Waals surface area contributed by atoms with Gasteiger partial charge in [-0.1, -0.05) is 19.8 Å². The third kappa shape index (κ3) is 16.8. The van der Waals surface area contributed by atoms with E-state index in [4.69, 9.17) is 28.4 Å². The number of anilines is 1. The first-order valence-corrected chi connectivity index (χ1v) is 12.7. The molecule has 0 aliphatic heterocycles. The number of non-ortho nitro benzene ring substituents is 1. The number of unbranched alkanes of at least 4 members (excludes halogenated alkanes) is 2. The number of hydrogen-bond acceptors (Lipinski definition) is 12. The van der Waals surface area contributed by atoms with E-state index in [1.54, 1.807) is 0 Å². The fraction of sp³-hybridized carbons (Fsp3) is 0.708. The molecule has 0 aromatic heterocycles. The molecule has 0 atom stereocenters. The van der Waals surface area contributed by atoms with Gasteiger partial charge in [-0.2, -0.15) is 0 Å². The van der Waals surface area contributed by atoms with Crippen molar-refractivity contribution in [3.8, 4) is 0 Å². The van der Waals surface area contributed by atoms with Crippen molar-refractivity contribution in [2.75, 3.05) is 84.5 Å². The summed E-state index contributed by atoms with van der Waals surface area (Å²) < 4.78 is 32.0. The smallest absolute Gasteiger partial charge is 0.305 e. The number of carbonyl (C=O) groups excluding carboxylic acids is 1. The summed E-state index contributed by atoms with van der Waals surface area (Å²) in [4.78, 5) is 31.9. The number of nitrogens with one attached hydrogen (secondary N) is 1. The Morgan fingerprint density at radius 1 is 0.763 bits per heavy atom. The molecule has 14 heteroatoms. The Balaban J connectivity index is 1.86. The van der Waals surface area contributed by atoms with Crippen molar-refractivity contribution >= 4 is 23.0 Å². The molecule has 0 spiro atoms. The van der Waals surface area contributed by atoms with Gasteiger partial charge in [0.1, 0.15) is 12.3 Å². The summed E-state index contributed by atoms with van der Waals surface area (Å²) in [7, 11) is 0. The van der Waals surface area contributed by atoms with E-state index in [2.05, 4.69) is 12.2 Å². The maximum Gasteiger partial charge on any atom is 0.305 e. The second kappa shape index (κ2) is 22.1. The first-order chi connectivity index (χ1) is 18.5. The lowest BCUT2D eigenvalue weighted by molar-refractivity contribution is -0.393. The van der Waals surface area contributed by atoms with Gasteiger partial charge in [-0.15, -0.1) is 0 Å². The largest absolute Gasteiger partial charge is 0.463 e. The lowest BCUT2D eigenvalue weighted by atomic mass is 10.2. The highest BCUT2D eigenvalue weighted by Gasteiger charge is 2.19. The standard InChI is InChI=1S/C24H39N3O11/c1-2-3-4-5-24(28)38-19-18-37-17-16-36-15-14-35-13-12-34-11-10-33-9-8-25-22-7-6-21(26(29)30)20-23(22)27(31)32/h6-7,20,25H,2-5,8-19H2,1H3. The summed E-state index contributed by atoms with van der Waals surface area (Å²) in [5.41, 5.74) is -0.527. The summed E-state index contributed by atoms with van der Waals surface area (Å²) in [5, 5.41) is 24.7. The molecule has 0 heterocycles. The van der Waals surface area contributed by atoms with Crippen LogP contribution in [0.1, 0.15) is 32.6 Å². The van der Waals surface area contributed by atoms with Gasteiger partial charge in [0.15, 0.2) is 0 Å². The van der Waals surface area contributed by atoms with Gasteiger partial charge in [-0.05, 0) is 12.5 Å². The Labute approximate surface area is 222 Å². The molecule has 0 saturated carbocycles. The quantitative estimate of drug-likeness (QED) is 0.0825. The number of esters is 1. The molecule has 14 nitrogen and oxygen atoms in total. The number of nitrogens with zero attached hydrogens (tertiary/aromatic N) is 2. The van der Waals surface area contributed by atoms with E-state index in [0.29, 0.717) is 72.4 Å². The summed E-state index contributed by atoms with van der Waals surface area (Å²) >= 11 is 0. The third-order valence-electron chi connectivity index (χ3n) is 4.91. The minimum atomic E-state index is -0.684. The van der Waals surface area contributed by atoms with E-state index in [1.807, 2.05) is 0 Å². The van der Waals surface area contributed by atoms with Gasteiger partial charge in [-0.25, -0.2) is 0 Å². The van der Waals surface area contributed by atoms with Crippen molar-refractivity contribution in [2.45, 2.75) is 32.6 Å². The van der Waals surface area contributed by atoms with E-state index in [-0.39, 0.29) is 36.2 Å². The summed E-state index contributed by atoms with van der Waals surface area (Å²) in [5.74, 6) is -0.184. The van der Waals surface area contributed by atoms with Crippen molar-refractivity contribution in [1.29, 1.82) is 0 Å². The number of benzene rings is 1. The van der Waals surface area contributed by atoms with Crippen molar-refractivity contribution < 1.29 is 43.1 Å². The number of ether oxygens (including phenoxy) is 6.